The summed E-state index contributed by atoms with van der Waals surface area (Å²) < 4.78 is 0. The number of nitrogens with zero attached hydrogens (tertiary/aromatic N) is 1. The third-order valence-electron chi connectivity index (χ3n) is 3.83. The Balaban J connectivity index is 1.37. The third-order valence-corrected chi connectivity index (χ3v) is 5.90. The molecule has 0 radical (unpaired) electrons. The Hall–Kier alpha value is -2.12. The molecule has 0 aliphatic carbocycles. The Morgan fingerprint density at radius 1 is 1.08 bits per heavy atom. The summed E-state index contributed by atoms with van der Waals surface area (Å²) in [7, 11) is 0. The van der Waals surface area contributed by atoms with E-state index in [1.165, 1.54) is 4.88 Å². The number of carbonyl (C=O) groups excluding carboxylic acids is 3. The van der Waals surface area contributed by atoms with Crippen LogP contribution >= 0.6 is 23.1 Å². The zero-order valence-electron chi connectivity index (χ0n) is 13.6. The Morgan fingerprint density at radius 3 is 2.44 bits per heavy atom. The molecular weight excluding hydrogens is 356 g/mol. The van der Waals surface area contributed by atoms with Crippen LogP contribution in [-0.2, 0) is 10.5 Å². The fourth-order valence-corrected chi connectivity index (χ4v) is 4.27. The first-order chi connectivity index (χ1) is 12.2. The number of hydrogen-bond donors (Lipinski definition) is 1. The topological polar surface area (TPSA) is 66.5 Å². The normalized spacial score (nSPS) is 13.2. The highest BCUT2D eigenvalue weighted by Gasteiger charge is 2.34. The monoisotopic (exact) mass is 374 g/mol. The molecule has 3 amide bonds. The van der Waals surface area contributed by atoms with E-state index in [0.717, 1.165) is 16.4 Å². The maximum atomic E-state index is 12.2. The van der Waals surface area contributed by atoms with Crippen molar-refractivity contribution in [3.63, 3.8) is 0 Å². The molecule has 2 aromatic rings. The molecule has 0 saturated carbocycles. The molecule has 1 aromatic heterocycles. The highest BCUT2D eigenvalue weighted by molar-refractivity contribution is 7.98. The van der Waals surface area contributed by atoms with Gasteiger partial charge in [0.2, 0.25) is 5.91 Å². The second-order valence-corrected chi connectivity index (χ2v) is 7.68. The maximum Gasteiger partial charge on any atom is 0.261 e. The SMILES string of the molecule is O=C(CCN1C(=O)c2ccccc2C1=O)NCCSCc1cccs1. The molecule has 1 aromatic carbocycles. The van der Waals surface area contributed by atoms with Gasteiger partial charge in [-0.2, -0.15) is 11.8 Å². The average Bonchev–Trinajstić information content (AvgIpc) is 3.22. The number of rotatable bonds is 8. The van der Waals surface area contributed by atoms with E-state index < -0.39 is 0 Å². The van der Waals surface area contributed by atoms with Crippen LogP contribution in [0.15, 0.2) is 41.8 Å². The number of amides is 3. The number of thiophene rings is 1. The molecule has 1 N–H and O–H groups in total. The molecule has 7 heteroatoms. The summed E-state index contributed by atoms with van der Waals surface area (Å²) in [6.07, 6.45) is 0.126. The van der Waals surface area contributed by atoms with Crippen molar-refractivity contribution in [2.75, 3.05) is 18.8 Å². The van der Waals surface area contributed by atoms with Crippen molar-refractivity contribution >= 4 is 40.8 Å². The van der Waals surface area contributed by atoms with Crippen molar-refractivity contribution in [3.05, 3.63) is 57.8 Å². The number of thioether (sulfide) groups is 1. The van der Waals surface area contributed by atoms with Crippen LogP contribution in [0, 0.1) is 0 Å². The number of fused-ring (bicyclic) bond motifs is 1. The molecule has 0 saturated heterocycles. The van der Waals surface area contributed by atoms with Crippen LogP contribution in [0.2, 0.25) is 0 Å². The molecule has 0 fully saturated rings. The largest absolute Gasteiger partial charge is 0.355 e. The van der Waals surface area contributed by atoms with Crippen LogP contribution in [0.4, 0.5) is 0 Å². The van der Waals surface area contributed by atoms with Crippen molar-refractivity contribution < 1.29 is 14.4 Å². The van der Waals surface area contributed by atoms with E-state index in [2.05, 4.69) is 16.8 Å². The summed E-state index contributed by atoms with van der Waals surface area (Å²) in [5, 5.41) is 4.88. The van der Waals surface area contributed by atoms with Gasteiger partial charge in [-0.25, -0.2) is 0 Å². The van der Waals surface area contributed by atoms with Crippen LogP contribution in [0.25, 0.3) is 0 Å². The molecule has 0 bridgehead atoms. The minimum atomic E-state index is -0.320. The third kappa shape index (κ3) is 4.29. The first-order valence-electron chi connectivity index (χ1n) is 7.99. The van der Waals surface area contributed by atoms with Crippen molar-refractivity contribution in [3.8, 4) is 0 Å². The first-order valence-corrected chi connectivity index (χ1v) is 10.0. The van der Waals surface area contributed by atoms with E-state index in [0.29, 0.717) is 17.7 Å². The quantitative estimate of drug-likeness (QED) is 0.570. The van der Waals surface area contributed by atoms with E-state index >= 15 is 0 Å². The predicted octanol–water partition coefficient (Wildman–Crippen LogP) is 2.78. The average molecular weight is 374 g/mol. The highest BCUT2D eigenvalue weighted by atomic mass is 32.2. The molecule has 0 atom stereocenters. The van der Waals surface area contributed by atoms with Crippen molar-refractivity contribution in [1.82, 2.24) is 10.2 Å². The number of nitrogens with one attached hydrogen (secondary N) is 1. The van der Waals surface area contributed by atoms with Crippen LogP contribution in [0.3, 0.4) is 0 Å². The predicted molar refractivity (Wildman–Crippen MR) is 99.9 cm³/mol. The Labute approximate surface area is 154 Å². The molecule has 0 unspecified atom stereocenters. The summed E-state index contributed by atoms with van der Waals surface area (Å²) in [5.41, 5.74) is 0.829. The number of carbonyl (C=O) groups is 3. The van der Waals surface area contributed by atoms with E-state index in [4.69, 9.17) is 0 Å². The van der Waals surface area contributed by atoms with Gasteiger partial charge in [0.1, 0.15) is 0 Å². The van der Waals surface area contributed by atoms with Gasteiger partial charge in [0, 0.05) is 35.9 Å². The summed E-state index contributed by atoms with van der Waals surface area (Å²) in [4.78, 5) is 38.8. The second-order valence-electron chi connectivity index (χ2n) is 5.54. The summed E-state index contributed by atoms with van der Waals surface area (Å²) in [6.45, 7) is 0.692. The van der Waals surface area contributed by atoms with Crippen molar-refractivity contribution in [1.29, 1.82) is 0 Å². The molecule has 130 valence electrons. The fourth-order valence-electron chi connectivity index (χ4n) is 2.57. The van der Waals surface area contributed by atoms with Crippen LogP contribution in [-0.4, -0.2) is 41.5 Å². The zero-order valence-corrected chi connectivity index (χ0v) is 15.2. The number of hydrogen-bond acceptors (Lipinski definition) is 5. The molecule has 1 aliphatic heterocycles. The van der Waals surface area contributed by atoms with Crippen molar-refractivity contribution in [2.24, 2.45) is 0 Å². The lowest BCUT2D eigenvalue weighted by Gasteiger charge is -2.13. The Kier molecular flexibility index (Phi) is 5.88. The van der Waals surface area contributed by atoms with Crippen molar-refractivity contribution in [2.45, 2.75) is 12.2 Å². The van der Waals surface area contributed by atoms with E-state index in [-0.39, 0.29) is 30.7 Å². The van der Waals surface area contributed by atoms with Gasteiger partial charge in [0.25, 0.3) is 11.8 Å². The zero-order chi connectivity index (χ0) is 17.6. The van der Waals surface area contributed by atoms with Gasteiger partial charge in [0.15, 0.2) is 0 Å². The summed E-state index contributed by atoms with van der Waals surface area (Å²) in [6, 6.07) is 10.9. The van der Waals surface area contributed by atoms with Crippen LogP contribution in [0.1, 0.15) is 32.0 Å². The maximum absolute atomic E-state index is 12.2. The molecule has 2 heterocycles. The lowest BCUT2D eigenvalue weighted by atomic mass is 10.1. The molecule has 25 heavy (non-hydrogen) atoms. The number of imide groups is 1. The summed E-state index contributed by atoms with van der Waals surface area (Å²) in [5.74, 6) is 0.993. The van der Waals surface area contributed by atoms with E-state index in [1.54, 1.807) is 47.4 Å². The molecule has 5 nitrogen and oxygen atoms in total. The first kappa shape index (κ1) is 17.7. The molecule has 1 aliphatic rings. The second kappa shape index (κ2) is 8.31. The highest BCUT2D eigenvalue weighted by Crippen LogP contribution is 2.22. The van der Waals surface area contributed by atoms with E-state index in [9.17, 15) is 14.4 Å². The van der Waals surface area contributed by atoms with Gasteiger partial charge in [0.05, 0.1) is 11.1 Å². The van der Waals surface area contributed by atoms with Gasteiger partial charge in [-0.1, -0.05) is 18.2 Å². The summed E-state index contributed by atoms with van der Waals surface area (Å²) >= 11 is 3.49. The van der Waals surface area contributed by atoms with E-state index in [1.807, 2.05) is 6.07 Å². The molecular formula is C18H18N2O3S2. The standard InChI is InChI=1S/C18H18N2O3S2/c21-16(19-8-11-24-12-13-4-3-10-25-13)7-9-20-17(22)14-5-1-2-6-15(14)18(20)23/h1-6,10H,7-9,11-12H2,(H,19,21). The smallest absolute Gasteiger partial charge is 0.261 e. The minimum absolute atomic E-state index is 0.112. The lowest BCUT2D eigenvalue weighted by molar-refractivity contribution is -0.121. The van der Waals surface area contributed by atoms with Crippen LogP contribution in [0.5, 0.6) is 0 Å². The van der Waals surface area contributed by atoms with Gasteiger partial charge in [-0.15, -0.1) is 11.3 Å². The van der Waals surface area contributed by atoms with Gasteiger partial charge in [-0.05, 0) is 23.6 Å². The minimum Gasteiger partial charge on any atom is -0.355 e. The fraction of sp³-hybridized carbons (Fsp3) is 0.278. The van der Waals surface area contributed by atoms with Gasteiger partial charge in [-0.3, -0.25) is 19.3 Å². The van der Waals surface area contributed by atoms with Gasteiger partial charge < -0.3 is 5.32 Å². The Bertz CT molecular complexity index is 739. The lowest BCUT2D eigenvalue weighted by Crippen LogP contribution is -2.35. The van der Waals surface area contributed by atoms with Crippen LogP contribution < -0.4 is 5.32 Å². The molecule has 3 rings (SSSR count). The van der Waals surface area contributed by atoms with Gasteiger partial charge >= 0.3 is 0 Å². The molecule has 0 spiro atoms. The Morgan fingerprint density at radius 2 is 1.80 bits per heavy atom. The number of benzene rings is 1.